The fourth-order valence-electron chi connectivity index (χ4n) is 2.34. The summed E-state index contributed by atoms with van der Waals surface area (Å²) >= 11 is 0. The Morgan fingerprint density at radius 1 is 1.40 bits per heavy atom. The van der Waals surface area contributed by atoms with Crippen molar-refractivity contribution < 1.29 is 37.0 Å². The van der Waals surface area contributed by atoms with Crippen molar-refractivity contribution in [2.45, 2.75) is 6.18 Å². The fraction of sp³-hybridized carbons (Fsp3) is 0.333. The number of hydrogen-bond donors (Lipinski definition) is 2. The van der Waals surface area contributed by atoms with E-state index in [1.165, 1.54) is 0 Å². The van der Waals surface area contributed by atoms with Gasteiger partial charge in [0.05, 0.1) is 37.1 Å². The number of carbonyl (C=O) groups excluding carboxylic acids is 2. The number of halogens is 4. The number of carbonyl (C=O) groups is 2. The Morgan fingerprint density at radius 2 is 2.08 bits per heavy atom. The zero-order chi connectivity index (χ0) is 18.8. The van der Waals surface area contributed by atoms with Crippen LogP contribution in [0.5, 0.6) is 0 Å². The molecule has 10 heteroatoms. The topological polar surface area (TPSA) is 78.9 Å². The van der Waals surface area contributed by atoms with E-state index in [0.717, 1.165) is 24.1 Å². The van der Waals surface area contributed by atoms with Gasteiger partial charge >= 0.3 is 12.1 Å². The Morgan fingerprint density at radius 3 is 2.64 bits per heavy atom. The average molecular weight is 362 g/mol. The second kappa shape index (κ2) is 7.09. The number of rotatable bonds is 5. The van der Waals surface area contributed by atoms with Gasteiger partial charge in [0.1, 0.15) is 11.5 Å². The number of anilines is 1. The lowest BCUT2D eigenvalue weighted by Crippen LogP contribution is -2.31. The molecule has 1 aromatic carbocycles. The van der Waals surface area contributed by atoms with E-state index < -0.39 is 47.4 Å². The average Bonchev–Trinajstić information content (AvgIpc) is 2.84. The van der Waals surface area contributed by atoms with Crippen LogP contribution in [0.1, 0.15) is 5.56 Å². The van der Waals surface area contributed by atoms with E-state index in [1.54, 1.807) is 0 Å². The molecule has 6 nitrogen and oxygen atoms in total. The molecule has 0 aromatic heterocycles. The molecule has 1 aliphatic rings. The van der Waals surface area contributed by atoms with Gasteiger partial charge in [0.25, 0.3) is 5.91 Å². The maximum atomic E-state index is 13.2. The number of ether oxygens (including phenoxy) is 1. The van der Waals surface area contributed by atoms with Gasteiger partial charge < -0.3 is 20.1 Å². The van der Waals surface area contributed by atoms with E-state index in [0.29, 0.717) is 0 Å². The van der Waals surface area contributed by atoms with Crippen molar-refractivity contribution >= 4 is 17.6 Å². The molecule has 25 heavy (non-hydrogen) atoms. The number of hydrogen-bond acceptors (Lipinski definition) is 5. The summed E-state index contributed by atoms with van der Waals surface area (Å²) in [6, 6.07) is 1.90. The van der Waals surface area contributed by atoms with Crippen LogP contribution in [0.3, 0.4) is 0 Å². The summed E-state index contributed by atoms with van der Waals surface area (Å²) in [5.74, 6) is -2.77. The van der Waals surface area contributed by atoms with Gasteiger partial charge in [0.2, 0.25) is 0 Å². The molecule has 0 radical (unpaired) electrons. The highest BCUT2D eigenvalue weighted by atomic mass is 19.4. The molecule has 0 aliphatic carbocycles. The number of alkyl halides is 3. The molecule has 0 unspecified atom stereocenters. The van der Waals surface area contributed by atoms with E-state index in [4.69, 9.17) is 5.11 Å². The molecule has 2 rings (SSSR count). The van der Waals surface area contributed by atoms with Gasteiger partial charge in [-0.2, -0.15) is 13.2 Å². The predicted octanol–water partition coefficient (Wildman–Crippen LogP) is 1.52. The molecule has 1 amide bonds. The summed E-state index contributed by atoms with van der Waals surface area (Å²) < 4.78 is 56.9. The van der Waals surface area contributed by atoms with E-state index in [1.807, 2.05) is 0 Å². The molecule has 0 bridgehead atoms. The molecule has 0 saturated heterocycles. The Kier molecular flexibility index (Phi) is 5.31. The van der Waals surface area contributed by atoms with Crippen molar-refractivity contribution in [1.82, 2.24) is 4.90 Å². The maximum absolute atomic E-state index is 13.2. The molecule has 136 valence electrons. The number of aliphatic hydroxyl groups is 1. The lowest BCUT2D eigenvalue weighted by Gasteiger charge is -2.17. The van der Waals surface area contributed by atoms with Crippen molar-refractivity contribution in [1.29, 1.82) is 0 Å². The molecule has 2 N–H and O–H groups in total. The lowest BCUT2D eigenvalue weighted by molar-refractivity contribution is -0.137. The van der Waals surface area contributed by atoms with Gasteiger partial charge in [-0.25, -0.2) is 9.18 Å². The SMILES string of the molecule is COC(=O)C1=C(Nc2ccc(F)cc2C(F)(F)F)C(=O)N(CCO)C1. The number of nitrogens with one attached hydrogen (secondary N) is 1. The van der Waals surface area contributed by atoms with Crippen LogP contribution in [-0.4, -0.2) is 48.7 Å². The first kappa shape index (κ1) is 18.7. The summed E-state index contributed by atoms with van der Waals surface area (Å²) in [4.78, 5) is 25.2. The summed E-state index contributed by atoms with van der Waals surface area (Å²) in [7, 11) is 1.06. The molecular formula is C15H14F4N2O4. The summed E-state index contributed by atoms with van der Waals surface area (Å²) in [5.41, 5.74) is -2.49. The summed E-state index contributed by atoms with van der Waals surface area (Å²) in [6.07, 6.45) is -4.87. The highest BCUT2D eigenvalue weighted by molar-refractivity contribution is 6.08. The fourth-order valence-corrected chi connectivity index (χ4v) is 2.34. The van der Waals surface area contributed by atoms with Gasteiger partial charge in [-0.3, -0.25) is 4.79 Å². The third-order valence-electron chi connectivity index (χ3n) is 3.50. The number of benzene rings is 1. The Bertz CT molecular complexity index is 731. The minimum Gasteiger partial charge on any atom is -0.466 e. The second-order valence-electron chi connectivity index (χ2n) is 5.11. The first-order valence-electron chi connectivity index (χ1n) is 7.04. The minimum atomic E-state index is -4.87. The number of nitrogens with zero attached hydrogens (tertiary/aromatic N) is 1. The van der Waals surface area contributed by atoms with Crippen molar-refractivity contribution in [2.24, 2.45) is 0 Å². The monoisotopic (exact) mass is 362 g/mol. The van der Waals surface area contributed by atoms with Gasteiger partial charge in [-0.15, -0.1) is 0 Å². The molecule has 0 fully saturated rings. The second-order valence-corrected chi connectivity index (χ2v) is 5.11. The third-order valence-corrected chi connectivity index (χ3v) is 3.50. The highest BCUT2D eigenvalue weighted by Gasteiger charge is 2.38. The zero-order valence-electron chi connectivity index (χ0n) is 13.0. The lowest BCUT2D eigenvalue weighted by atomic mass is 10.1. The van der Waals surface area contributed by atoms with Crippen molar-refractivity contribution in [3.05, 3.63) is 40.8 Å². The number of methoxy groups -OCH3 is 1. The van der Waals surface area contributed by atoms with Gasteiger partial charge in [-0.05, 0) is 18.2 Å². The van der Waals surface area contributed by atoms with Crippen molar-refractivity contribution in [3.8, 4) is 0 Å². The number of amides is 1. The quantitative estimate of drug-likeness (QED) is 0.613. The minimum absolute atomic E-state index is 0.111. The normalized spacial score (nSPS) is 15.0. The maximum Gasteiger partial charge on any atom is 0.418 e. The number of aliphatic hydroxyl groups excluding tert-OH is 1. The van der Waals surface area contributed by atoms with Crippen LogP contribution in [0.25, 0.3) is 0 Å². The Labute approximate surface area is 139 Å². The zero-order valence-corrected chi connectivity index (χ0v) is 13.0. The van der Waals surface area contributed by atoms with Gasteiger partial charge in [0, 0.05) is 6.54 Å². The molecule has 1 heterocycles. The van der Waals surface area contributed by atoms with Crippen LogP contribution in [0, 0.1) is 5.82 Å². The number of β-amino-alcohol motifs (C(OH)–C–C–N with tert-alkyl or cyclic N) is 1. The molecule has 0 saturated carbocycles. The Balaban J connectivity index is 2.46. The van der Waals surface area contributed by atoms with Gasteiger partial charge in [0.15, 0.2) is 0 Å². The summed E-state index contributed by atoms with van der Waals surface area (Å²) in [6.45, 7) is -0.727. The van der Waals surface area contributed by atoms with Gasteiger partial charge in [-0.1, -0.05) is 0 Å². The molecule has 0 spiro atoms. The molecule has 1 aliphatic heterocycles. The van der Waals surface area contributed by atoms with Crippen LogP contribution >= 0.6 is 0 Å². The number of esters is 1. The first-order chi connectivity index (χ1) is 11.7. The third kappa shape index (κ3) is 3.90. The van der Waals surface area contributed by atoms with Crippen LogP contribution < -0.4 is 5.32 Å². The van der Waals surface area contributed by atoms with E-state index >= 15 is 0 Å². The summed E-state index contributed by atoms with van der Waals surface area (Å²) in [5, 5.41) is 11.2. The Hall–Kier alpha value is -2.62. The van der Waals surface area contributed by atoms with E-state index in [9.17, 15) is 27.2 Å². The highest BCUT2D eigenvalue weighted by Crippen LogP contribution is 2.36. The first-order valence-corrected chi connectivity index (χ1v) is 7.04. The molecule has 1 aromatic rings. The van der Waals surface area contributed by atoms with Crippen LogP contribution in [0.15, 0.2) is 29.5 Å². The predicted molar refractivity (Wildman–Crippen MR) is 77.7 cm³/mol. The van der Waals surface area contributed by atoms with Crippen molar-refractivity contribution in [2.75, 3.05) is 32.1 Å². The molecular weight excluding hydrogens is 348 g/mol. The van der Waals surface area contributed by atoms with Crippen molar-refractivity contribution in [3.63, 3.8) is 0 Å². The van der Waals surface area contributed by atoms with Crippen LogP contribution in [-0.2, 0) is 20.5 Å². The van der Waals surface area contributed by atoms with Crippen LogP contribution in [0.2, 0.25) is 0 Å². The van der Waals surface area contributed by atoms with E-state index in [-0.39, 0.29) is 24.7 Å². The molecule has 0 atom stereocenters. The smallest absolute Gasteiger partial charge is 0.418 e. The van der Waals surface area contributed by atoms with Crippen LogP contribution in [0.4, 0.5) is 23.2 Å². The largest absolute Gasteiger partial charge is 0.466 e. The van der Waals surface area contributed by atoms with E-state index in [2.05, 4.69) is 10.1 Å². The standard InChI is InChI=1S/C15H14F4N2O4/c1-25-14(24)9-7-21(4-5-22)13(23)12(9)20-11-3-2-8(16)6-10(11)15(17,18)19/h2-3,6,20,22H,4-5,7H2,1H3.